The Kier molecular flexibility index (Phi) is 4.63. The maximum absolute atomic E-state index is 10.8. The first-order chi connectivity index (χ1) is 8.24. The molecule has 0 amide bonds. The van der Waals surface area contributed by atoms with Crippen LogP contribution < -0.4 is 0 Å². The molecule has 1 heterocycles. The summed E-state index contributed by atoms with van der Waals surface area (Å²) >= 11 is 0. The van der Waals surface area contributed by atoms with Crippen molar-refractivity contribution in [3.05, 3.63) is 12.7 Å². The van der Waals surface area contributed by atoms with Crippen molar-refractivity contribution in [1.82, 2.24) is 4.90 Å². The van der Waals surface area contributed by atoms with Gasteiger partial charge in [0.2, 0.25) is 0 Å². The van der Waals surface area contributed by atoms with Crippen LogP contribution in [-0.2, 0) is 0 Å². The third-order valence-corrected chi connectivity index (χ3v) is 4.62. The van der Waals surface area contributed by atoms with Crippen LogP contribution in [0.3, 0.4) is 0 Å². The van der Waals surface area contributed by atoms with Gasteiger partial charge >= 0.3 is 0 Å². The quantitative estimate of drug-likeness (QED) is 0.763. The molecule has 0 spiro atoms. The molecule has 1 aliphatic heterocycles. The number of aliphatic hydroxyl groups is 1. The fourth-order valence-corrected chi connectivity index (χ4v) is 3.40. The molecule has 1 aliphatic carbocycles. The lowest BCUT2D eigenvalue weighted by Gasteiger charge is -2.37. The number of likely N-dealkylation sites (tertiary alicyclic amines) is 1. The third kappa shape index (κ3) is 3.32. The van der Waals surface area contributed by atoms with Crippen LogP contribution in [0, 0.1) is 5.92 Å². The van der Waals surface area contributed by atoms with E-state index < -0.39 is 5.60 Å². The van der Waals surface area contributed by atoms with Gasteiger partial charge < -0.3 is 10.0 Å². The van der Waals surface area contributed by atoms with E-state index in [2.05, 4.69) is 11.5 Å². The van der Waals surface area contributed by atoms with Gasteiger partial charge in [0, 0.05) is 12.5 Å². The normalized spacial score (nSPS) is 36.4. The predicted octanol–water partition coefficient (Wildman–Crippen LogP) is 2.97. The minimum atomic E-state index is -0.608. The van der Waals surface area contributed by atoms with Gasteiger partial charge in [0.15, 0.2) is 0 Å². The molecule has 17 heavy (non-hydrogen) atoms. The molecule has 1 N–H and O–H groups in total. The van der Waals surface area contributed by atoms with E-state index in [-0.39, 0.29) is 0 Å². The first-order valence-corrected chi connectivity index (χ1v) is 7.33. The SMILES string of the molecule is C=CC1(O)CCCCCCC1CN1CCCC1. The van der Waals surface area contributed by atoms with Crippen LogP contribution in [0.25, 0.3) is 0 Å². The van der Waals surface area contributed by atoms with E-state index in [1.807, 2.05) is 6.08 Å². The van der Waals surface area contributed by atoms with Crippen LogP contribution >= 0.6 is 0 Å². The zero-order chi connectivity index (χ0) is 12.1. The Bertz CT molecular complexity index is 247. The maximum Gasteiger partial charge on any atom is 0.0865 e. The van der Waals surface area contributed by atoms with Gasteiger partial charge in [-0.2, -0.15) is 0 Å². The summed E-state index contributed by atoms with van der Waals surface area (Å²) in [6, 6.07) is 0. The Labute approximate surface area is 106 Å². The van der Waals surface area contributed by atoms with Gasteiger partial charge in [-0.15, -0.1) is 6.58 Å². The molecule has 0 aromatic heterocycles. The Morgan fingerprint density at radius 1 is 1.12 bits per heavy atom. The van der Waals surface area contributed by atoms with Crippen molar-refractivity contribution < 1.29 is 5.11 Å². The van der Waals surface area contributed by atoms with Gasteiger partial charge in [0.05, 0.1) is 5.60 Å². The summed E-state index contributed by atoms with van der Waals surface area (Å²) in [5, 5.41) is 10.8. The molecular weight excluding hydrogens is 210 g/mol. The Morgan fingerprint density at radius 3 is 2.53 bits per heavy atom. The summed E-state index contributed by atoms with van der Waals surface area (Å²) in [4.78, 5) is 2.53. The molecule has 2 fully saturated rings. The predicted molar refractivity (Wildman–Crippen MR) is 72.0 cm³/mol. The zero-order valence-corrected chi connectivity index (χ0v) is 11.0. The fourth-order valence-electron chi connectivity index (χ4n) is 3.40. The Morgan fingerprint density at radius 2 is 1.82 bits per heavy atom. The Balaban J connectivity index is 1.99. The largest absolute Gasteiger partial charge is 0.385 e. The first-order valence-electron chi connectivity index (χ1n) is 7.33. The Hall–Kier alpha value is -0.340. The molecule has 2 atom stereocenters. The molecule has 2 aliphatic rings. The van der Waals surface area contributed by atoms with Crippen molar-refractivity contribution >= 4 is 0 Å². The van der Waals surface area contributed by atoms with Gasteiger partial charge in [-0.1, -0.05) is 31.8 Å². The number of nitrogens with zero attached hydrogens (tertiary/aromatic N) is 1. The zero-order valence-electron chi connectivity index (χ0n) is 11.0. The van der Waals surface area contributed by atoms with E-state index in [9.17, 15) is 5.11 Å². The minimum Gasteiger partial charge on any atom is -0.385 e. The van der Waals surface area contributed by atoms with Crippen molar-refractivity contribution in [2.24, 2.45) is 5.92 Å². The van der Waals surface area contributed by atoms with Crippen molar-refractivity contribution in [3.8, 4) is 0 Å². The van der Waals surface area contributed by atoms with Gasteiger partial charge in [0.25, 0.3) is 0 Å². The molecule has 2 heteroatoms. The van der Waals surface area contributed by atoms with Crippen molar-refractivity contribution in [3.63, 3.8) is 0 Å². The average molecular weight is 237 g/mol. The molecular formula is C15H27NO. The molecule has 0 aromatic rings. The van der Waals surface area contributed by atoms with Crippen molar-refractivity contribution in [1.29, 1.82) is 0 Å². The highest BCUT2D eigenvalue weighted by molar-refractivity contribution is 5.02. The van der Waals surface area contributed by atoms with E-state index in [0.29, 0.717) is 5.92 Å². The molecule has 0 bridgehead atoms. The van der Waals surface area contributed by atoms with Crippen molar-refractivity contribution in [2.45, 2.75) is 57.0 Å². The fraction of sp³-hybridized carbons (Fsp3) is 0.867. The lowest BCUT2D eigenvalue weighted by atomic mass is 9.77. The first kappa shape index (κ1) is 13.1. The van der Waals surface area contributed by atoms with Gasteiger partial charge in [-0.25, -0.2) is 0 Å². The topological polar surface area (TPSA) is 23.5 Å². The van der Waals surface area contributed by atoms with Crippen LogP contribution in [0.15, 0.2) is 12.7 Å². The van der Waals surface area contributed by atoms with Crippen LogP contribution in [0.1, 0.15) is 51.4 Å². The lowest BCUT2D eigenvalue weighted by Crippen LogP contribution is -2.43. The van der Waals surface area contributed by atoms with Crippen molar-refractivity contribution in [2.75, 3.05) is 19.6 Å². The van der Waals surface area contributed by atoms with Crippen LogP contribution in [0.5, 0.6) is 0 Å². The molecule has 1 saturated heterocycles. The van der Waals surface area contributed by atoms with E-state index in [1.165, 1.54) is 51.6 Å². The summed E-state index contributed by atoms with van der Waals surface area (Å²) in [6.45, 7) is 7.41. The molecule has 1 saturated carbocycles. The molecule has 2 nitrogen and oxygen atoms in total. The summed E-state index contributed by atoms with van der Waals surface area (Å²) in [5.74, 6) is 0.401. The molecule has 2 unspecified atom stereocenters. The highest BCUT2D eigenvalue weighted by Crippen LogP contribution is 2.33. The minimum absolute atomic E-state index is 0.401. The van der Waals surface area contributed by atoms with Crippen LogP contribution in [0.2, 0.25) is 0 Å². The smallest absolute Gasteiger partial charge is 0.0865 e. The van der Waals surface area contributed by atoms with Crippen LogP contribution in [-0.4, -0.2) is 35.2 Å². The standard InChI is InChI=1S/C15H27NO/c1-2-15(17)10-6-4-3-5-9-14(15)13-16-11-7-8-12-16/h2,14,17H,1,3-13H2. The molecule has 2 rings (SSSR count). The second-order valence-electron chi connectivity index (χ2n) is 5.85. The van der Waals surface area contributed by atoms with Gasteiger partial charge in [0.1, 0.15) is 0 Å². The summed E-state index contributed by atoms with van der Waals surface area (Å²) in [6.07, 6.45) is 11.6. The average Bonchev–Trinajstić information content (AvgIpc) is 2.82. The summed E-state index contributed by atoms with van der Waals surface area (Å²) in [7, 11) is 0. The van der Waals surface area contributed by atoms with E-state index in [0.717, 1.165) is 19.4 Å². The maximum atomic E-state index is 10.8. The highest BCUT2D eigenvalue weighted by atomic mass is 16.3. The second kappa shape index (κ2) is 6.01. The third-order valence-electron chi connectivity index (χ3n) is 4.62. The number of rotatable bonds is 3. The number of hydrogen-bond donors (Lipinski definition) is 1. The molecule has 0 aromatic carbocycles. The highest BCUT2D eigenvalue weighted by Gasteiger charge is 2.35. The van der Waals surface area contributed by atoms with Gasteiger partial charge in [-0.05, 0) is 38.8 Å². The molecule has 0 radical (unpaired) electrons. The summed E-state index contributed by atoms with van der Waals surface area (Å²) in [5.41, 5.74) is -0.608. The second-order valence-corrected chi connectivity index (χ2v) is 5.85. The monoisotopic (exact) mass is 237 g/mol. The van der Waals surface area contributed by atoms with Crippen LogP contribution in [0.4, 0.5) is 0 Å². The van der Waals surface area contributed by atoms with E-state index in [4.69, 9.17) is 0 Å². The van der Waals surface area contributed by atoms with E-state index >= 15 is 0 Å². The lowest BCUT2D eigenvalue weighted by molar-refractivity contribution is -0.00474. The molecule has 98 valence electrons. The van der Waals surface area contributed by atoms with Gasteiger partial charge in [-0.3, -0.25) is 0 Å². The number of hydrogen-bond acceptors (Lipinski definition) is 2. The summed E-state index contributed by atoms with van der Waals surface area (Å²) < 4.78 is 0. The van der Waals surface area contributed by atoms with E-state index in [1.54, 1.807) is 0 Å².